The SMILES string of the molecule is Cn1ccnc1C(Cc1cccc(F)c1)C(=O)O. The zero-order valence-electron chi connectivity index (χ0n) is 9.88. The van der Waals surface area contributed by atoms with Gasteiger partial charge in [0.15, 0.2) is 0 Å². The van der Waals surface area contributed by atoms with E-state index in [1.165, 1.54) is 12.1 Å². The molecule has 0 radical (unpaired) electrons. The second kappa shape index (κ2) is 5.00. The molecule has 1 aromatic heterocycles. The standard InChI is InChI=1S/C13H13FN2O2/c1-16-6-5-15-12(16)11(13(17)18)8-9-3-2-4-10(14)7-9/h2-7,11H,8H2,1H3,(H,17,18). The van der Waals surface area contributed by atoms with Crippen LogP contribution in [0.4, 0.5) is 4.39 Å². The Bertz CT molecular complexity index is 566. The summed E-state index contributed by atoms with van der Waals surface area (Å²) in [5.74, 6) is -1.64. The number of aromatic nitrogens is 2. The molecule has 18 heavy (non-hydrogen) atoms. The van der Waals surface area contributed by atoms with Crippen molar-refractivity contribution in [3.63, 3.8) is 0 Å². The van der Waals surface area contributed by atoms with Crippen LogP contribution in [0.2, 0.25) is 0 Å². The van der Waals surface area contributed by atoms with Crippen LogP contribution >= 0.6 is 0 Å². The van der Waals surface area contributed by atoms with Crippen molar-refractivity contribution >= 4 is 5.97 Å². The summed E-state index contributed by atoms with van der Waals surface area (Å²) >= 11 is 0. The van der Waals surface area contributed by atoms with Crippen LogP contribution in [-0.4, -0.2) is 20.6 Å². The van der Waals surface area contributed by atoms with Gasteiger partial charge in [0.1, 0.15) is 17.6 Å². The van der Waals surface area contributed by atoms with E-state index in [0.29, 0.717) is 11.4 Å². The third kappa shape index (κ3) is 2.56. The number of carboxylic acid groups (broad SMARTS) is 1. The number of aliphatic carboxylic acids is 1. The van der Waals surface area contributed by atoms with Gasteiger partial charge in [-0.25, -0.2) is 9.37 Å². The Labute approximate surface area is 104 Å². The second-order valence-corrected chi connectivity index (χ2v) is 4.12. The Morgan fingerprint density at radius 1 is 1.56 bits per heavy atom. The molecule has 0 aliphatic heterocycles. The summed E-state index contributed by atoms with van der Waals surface area (Å²) < 4.78 is 14.7. The van der Waals surface area contributed by atoms with Crippen molar-refractivity contribution in [1.82, 2.24) is 9.55 Å². The molecule has 5 heteroatoms. The second-order valence-electron chi connectivity index (χ2n) is 4.12. The fourth-order valence-electron chi connectivity index (χ4n) is 1.90. The highest BCUT2D eigenvalue weighted by Gasteiger charge is 2.24. The molecular weight excluding hydrogens is 235 g/mol. The highest BCUT2D eigenvalue weighted by Crippen LogP contribution is 2.20. The summed E-state index contributed by atoms with van der Waals surface area (Å²) in [6.07, 6.45) is 3.46. The third-order valence-corrected chi connectivity index (χ3v) is 2.80. The van der Waals surface area contributed by atoms with Crippen molar-refractivity contribution in [2.24, 2.45) is 7.05 Å². The summed E-state index contributed by atoms with van der Waals surface area (Å²) in [7, 11) is 1.74. The molecular formula is C13H13FN2O2. The molecule has 0 fully saturated rings. The largest absolute Gasteiger partial charge is 0.481 e. The van der Waals surface area contributed by atoms with Crippen molar-refractivity contribution in [3.8, 4) is 0 Å². The van der Waals surface area contributed by atoms with Gasteiger partial charge < -0.3 is 9.67 Å². The molecule has 1 heterocycles. The van der Waals surface area contributed by atoms with E-state index in [1.807, 2.05) is 0 Å². The van der Waals surface area contributed by atoms with E-state index >= 15 is 0 Å². The summed E-state index contributed by atoms with van der Waals surface area (Å²) in [5.41, 5.74) is 0.644. The number of imidazole rings is 1. The van der Waals surface area contributed by atoms with E-state index in [-0.39, 0.29) is 12.2 Å². The topological polar surface area (TPSA) is 55.1 Å². The molecule has 1 N–H and O–H groups in total. The van der Waals surface area contributed by atoms with Crippen molar-refractivity contribution < 1.29 is 14.3 Å². The van der Waals surface area contributed by atoms with Gasteiger partial charge in [-0.05, 0) is 24.1 Å². The van der Waals surface area contributed by atoms with Crippen molar-refractivity contribution in [2.75, 3.05) is 0 Å². The molecule has 0 saturated carbocycles. The summed E-state index contributed by atoms with van der Waals surface area (Å²) in [6.45, 7) is 0. The zero-order valence-corrected chi connectivity index (χ0v) is 9.88. The molecule has 2 aromatic rings. The van der Waals surface area contributed by atoms with E-state index in [1.54, 1.807) is 36.1 Å². The molecule has 0 bridgehead atoms. The van der Waals surface area contributed by atoms with Crippen molar-refractivity contribution in [2.45, 2.75) is 12.3 Å². The van der Waals surface area contributed by atoms with Gasteiger partial charge in [0.25, 0.3) is 0 Å². The molecule has 1 unspecified atom stereocenters. The number of carboxylic acids is 1. The predicted octanol–water partition coefficient (Wildman–Crippen LogP) is 1.97. The van der Waals surface area contributed by atoms with Crippen molar-refractivity contribution in [1.29, 1.82) is 0 Å². The average molecular weight is 248 g/mol. The highest BCUT2D eigenvalue weighted by molar-refractivity contribution is 5.75. The molecule has 94 valence electrons. The van der Waals surface area contributed by atoms with Crippen LogP contribution in [0.3, 0.4) is 0 Å². The van der Waals surface area contributed by atoms with Crippen LogP contribution in [-0.2, 0) is 18.3 Å². The lowest BCUT2D eigenvalue weighted by atomic mass is 9.98. The minimum atomic E-state index is -0.964. The van der Waals surface area contributed by atoms with Gasteiger partial charge in [-0.3, -0.25) is 4.79 Å². The molecule has 2 rings (SSSR count). The first-order valence-corrected chi connectivity index (χ1v) is 5.52. The van der Waals surface area contributed by atoms with Gasteiger partial charge in [-0.1, -0.05) is 12.1 Å². The lowest BCUT2D eigenvalue weighted by Gasteiger charge is -2.12. The first-order valence-electron chi connectivity index (χ1n) is 5.52. The molecule has 0 amide bonds. The van der Waals surface area contributed by atoms with Crippen LogP contribution in [0.25, 0.3) is 0 Å². The minimum Gasteiger partial charge on any atom is -0.481 e. The molecule has 0 spiro atoms. The maximum absolute atomic E-state index is 13.1. The first-order chi connectivity index (χ1) is 8.58. The van der Waals surface area contributed by atoms with Gasteiger partial charge in [-0.15, -0.1) is 0 Å². The normalized spacial score (nSPS) is 12.3. The Balaban J connectivity index is 2.28. The number of benzene rings is 1. The van der Waals surface area contributed by atoms with Crippen LogP contribution in [0, 0.1) is 5.82 Å². The van der Waals surface area contributed by atoms with Crippen LogP contribution < -0.4 is 0 Å². The van der Waals surface area contributed by atoms with E-state index in [2.05, 4.69) is 4.98 Å². The van der Waals surface area contributed by atoms with E-state index in [9.17, 15) is 14.3 Å². The highest BCUT2D eigenvalue weighted by atomic mass is 19.1. The van der Waals surface area contributed by atoms with E-state index in [0.717, 1.165) is 0 Å². The third-order valence-electron chi connectivity index (χ3n) is 2.80. The van der Waals surface area contributed by atoms with E-state index < -0.39 is 11.9 Å². The van der Waals surface area contributed by atoms with Crippen LogP contribution in [0.15, 0.2) is 36.7 Å². The number of nitrogens with zero attached hydrogens (tertiary/aromatic N) is 2. The molecule has 1 atom stereocenters. The first kappa shape index (κ1) is 12.3. The average Bonchev–Trinajstić information content (AvgIpc) is 2.72. The number of hydrogen-bond donors (Lipinski definition) is 1. The molecule has 0 aliphatic rings. The maximum atomic E-state index is 13.1. The van der Waals surface area contributed by atoms with Gasteiger partial charge in [-0.2, -0.15) is 0 Å². The maximum Gasteiger partial charge on any atom is 0.314 e. The Morgan fingerprint density at radius 3 is 2.89 bits per heavy atom. The monoisotopic (exact) mass is 248 g/mol. The number of rotatable bonds is 4. The summed E-state index contributed by atoms with van der Waals surface area (Å²) in [6, 6.07) is 5.96. The number of aryl methyl sites for hydroxylation is 1. The van der Waals surface area contributed by atoms with Crippen LogP contribution in [0.1, 0.15) is 17.3 Å². The Morgan fingerprint density at radius 2 is 2.33 bits per heavy atom. The lowest BCUT2D eigenvalue weighted by Crippen LogP contribution is -2.18. The van der Waals surface area contributed by atoms with Gasteiger partial charge in [0.2, 0.25) is 0 Å². The summed E-state index contributed by atoms with van der Waals surface area (Å²) in [4.78, 5) is 15.3. The summed E-state index contributed by atoms with van der Waals surface area (Å²) in [5, 5.41) is 9.25. The molecule has 4 nitrogen and oxygen atoms in total. The van der Waals surface area contributed by atoms with Crippen LogP contribution in [0.5, 0.6) is 0 Å². The number of halogens is 1. The predicted molar refractivity (Wildman–Crippen MR) is 63.7 cm³/mol. The lowest BCUT2D eigenvalue weighted by molar-refractivity contribution is -0.139. The number of carbonyl (C=O) groups is 1. The fraction of sp³-hybridized carbons (Fsp3) is 0.231. The Hall–Kier alpha value is -2.17. The molecule has 1 aromatic carbocycles. The smallest absolute Gasteiger partial charge is 0.314 e. The van der Waals surface area contributed by atoms with Crippen molar-refractivity contribution in [3.05, 3.63) is 53.9 Å². The fourth-order valence-corrected chi connectivity index (χ4v) is 1.90. The quantitative estimate of drug-likeness (QED) is 0.900. The van der Waals surface area contributed by atoms with Gasteiger partial charge in [0.05, 0.1) is 0 Å². The minimum absolute atomic E-state index is 0.220. The molecule has 0 saturated heterocycles. The van der Waals surface area contributed by atoms with E-state index in [4.69, 9.17) is 0 Å². The number of hydrogen-bond acceptors (Lipinski definition) is 2. The van der Waals surface area contributed by atoms with Gasteiger partial charge >= 0.3 is 5.97 Å². The van der Waals surface area contributed by atoms with Gasteiger partial charge in [0, 0.05) is 19.4 Å². The zero-order chi connectivity index (χ0) is 13.1. The Kier molecular flexibility index (Phi) is 3.41. The molecule has 0 aliphatic carbocycles.